The molecule has 1 radical (unpaired) electrons. The molecule has 0 saturated carbocycles. The summed E-state index contributed by atoms with van der Waals surface area (Å²) in [6.07, 6.45) is 2.96. The minimum Gasteiger partial charge on any atom is -0.479 e. The second kappa shape index (κ2) is 7.03. The van der Waals surface area contributed by atoms with Gasteiger partial charge in [0.25, 0.3) is 0 Å². The van der Waals surface area contributed by atoms with Crippen molar-refractivity contribution in [2.45, 2.75) is 5.54 Å². The van der Waals surface area contributed by atoms with Gasteiger partial charge in [-0.2, -0.15) is 0 Å². The number of rotatable bonds is 3. The topological polar surface area (TPSA) is 62.2 Å². The van der Waals surface area contributed by atoms with Crippen LogP contribution >= 0.6 is 0 Å². The van der Waals surface area contributed by atoms with Crippen molar-refractivity contribution >= 4 is 5.97 Å². The van der Waals surface area contributed by atoms with Crippen LogP contribution in [-0.4, -0.2) is 16.1 Å². The maximum atomic E-state index is 14.5. The van der Waals surface area contributed by atoms with Crippen LogP contribution in [0.1, 0.15) is 5.56 Å². The van der Waals surface area contributed by atoms with Crippen molar-refractivity contribution < 1.29 is 38.8 Å². The van der Waals surface area contributed by atoms with E-state index in [0.29, 0.717) is 17.3 Å². The molecule has 2 heterocycles. The van der Waals surface area contributed by atoms with E-state index in [4.69, 9.17) is 0 Å². The molecule has 7 heteroatoms. The van der Waals surface area contributed by atoms with Crippen molar-refractivity contribution in [3.05, 3.63) is 78.2 Å². The Labute approximate surface area is 150 Å². The Kier molecular flexibility index (Phi) is 5.26. The third kappa shape index (κ3) is 2.88. The van der Waals surface area contributed by atoms with Crippen LogP contribution in [-0.2, 0) is 30.4 Å². The summed E-state index contributed by atoms with van der Waals surface area (Å²) < 4.78 is 27.8. The molecular formula is C17H12F2IrN2O2. The number of benzene rings is 1. The van der Waals surface area contributed by atoms with E-state index >= 15 is 0 Å². The molecule has 1 unspecified atom stereocenters. The summed E-state index contributed by atoms with van der Waals surface area (Å²) in [7, 11) is 0. The molecule has 0 saturated heterocycles. The number of carboxylic acids is 1. The van der Waals surface area contributed by atoms with Gasteiger partial charge in [0.15, 0.2) is 0 Å². The van der Waals surface area contributed by atoms with Gasteiger partial charge in [-0.15, -0.1) is 0 Å². The largest absolute Gasteiger partial charge is 0.479 e. The fourth-order valence-corrected chi connectivity index (χ4v) is 2.56. The van der Waals surface area contributed by atoms with Crippen LogP contribution in [0.2, 0.25) is 0 Å². The van der Waals surface area contributed by atoms with Gasteiger partial charge < -0.3 is 10.4 Å². The number of hydrogen-bond donors (Lipinski definition) is 2. The molecule has 2 N–H and O–H groups in total. The summed E-state index contributed by atoms with van der Waals surface area (Å²) in [5.41, 5.74) is -1.11. The normalized spacial score (nSPS) is 19.4. The van der Waals surface area contributed by atoms with E-state index in [1.54, 1.807) is 42.6 Å². The zero-order valence-corrected chi connectivity index (χ0v) is 14.6. The van der Waals surface area contributed by atoms with Crippen LogP contribution in [0.3, 0.4) is 0 Å². The van der Waals surface area contributed by atoms with Gasteiger partial charge in [-0.1, -0.05) is 30.3 Å². The molecule has 0 amide bonds. The van der Waals surface area contributed by atoms with Gasteiger partial charge in [0.1, 0.15) is 11.7 Å². The Morgan fingerprint density at radius 3 is 2.46 bits per heavy atom. The van der Waals surface area contributed by atoms with Gasteiger partial charge in [0, 0.05) is 49.7 Å². The molecule has 24 heavy (non-hydrogen) atoms. The first-order chi connectivity index (χ1) is 11.1. The molecule has 1 aromatic heterocycles. The molecule has 1 aliphatic rings. The van der Waals surface area contributed by atoms with Crippen LogP contribution < -0.4 is 5.32 Å². The Morgan fingerprint density at radius 2 is 1.83 bits per heavy atom. The SMILES string of the molecule is O=C(O)C1(c2ccccc2-c2ccccn2)NC=C(F)C=C1F.[Ir]. The van der Waals surface area contributed by atoms with Gasteiger partial charge in [0.2, 0.25) is 5.54 Å². The van der Waals surface area contributed by atoms with Crippen molar-refractivity contribution in [3.8, 4) is 11.3 Å². The Hall–Kier alpha value is -2.37. The fraction of sp³-hybridized carbons (Fsp3) is 0.0588. The van der Waals surface area contributed by atoms with E-state index in [1.165, 1.54) is 6.07 Å². The summed E-state index contributed by atoms with van der Waals surface area (Å²) >= 11 is 0. The molecule has 0 spiro atoms. The standard InChI is InChI=1S/C17H12F2N2O2.Ir/c18-11-9-15(19)17(16(22)23,21-10-11)13-6-2-1-5-12(13)14-7-3-4-8-20-14;/h1-10,21H,(H,22,23);. The van der Waals surface area contributed by atoms with E-state index in [2.05, 4.69) is 10.3 Å². The van der Waals surface area contributed by atoms with Crippen LogP contribution in [0.4, 0.5) is 8.78 Å². The first-order valence-electron chi connectivity index (χ1n) is 6.81. The third-order valence-corrected chi connectivity index (χ3v) is 3.64. The van der Waals surface area contributed by atoms with Gasteiger partial charge >= 0.3 is 5.97 Å². The quantitative estimate of drug-likeness (QED) is 0.671. The van der Waals surface area contributed by atoms with Gasteiger partial charge in [-0.3, -0.25) is 4.98 Å². The first-order valence-corrected chi connectivity index (χ1v) is 6.81. The van der Waals surface area contributed by atoms with E-state index in [0.717, 1.165) is 6.20 Å². The smallest absolute Gasteiger partial charge is 0.341 e. The van der Waals surface area contributed by atoms with Gasteiger partial charge in [-0.05, 0) is 12.1 Å². The van der Waals surface area contributed by atoms with Crippen molar-refractivity contribution in [2.75, 3.05) is 0 Å². The zero-order chi connectivity index (χ0) is 16.4. The van der Waals surface area contributed by atoms with Gasteiger partial charge in [0.05, 0.1) is 5.69 Å². The maximum absolute atomic E-state index is 14.5. The molecule has 1 aromatic carbocycles. The van der Waals surface area contributed by atoms with E-state index < -0.39 is 23.2 Å². The summed E-state index contributed by atoms with van der Waals surface area (Å²) in [4.78, 5) is 16.0. The Morgan fingerprint density at radius 1 is 1.12 bits per heavy atom. The summed E-state index contributed by atoms with van der Waals surface area (Å²) in [6, 6.07) is 11.6. The first kappa shape index (κ1) is 18.0. The maximum Gasteiger partial charge on any atom is 0.341 e. The number of aromatic nitrogens is 1. The van der Waals surface area contributed by atoms with Gasteiger partial charge in [-0.25, -0.2) is 13.6 Å². The van der Waals surface area contributed by atoms with E-state index in [-0.39, 0.29) is 25.7 Å². The molecule has 1 aliphatic heterocycles. The molecule has 4 nitrogen and oxygen atoms in total. The second-order valence-electron chi connectivity index (χ2n) is 4.98. The fourth-order valence-electron chi connectivity index (χ4n) is 2.56. The van der Waals surface area contributed by atoms with Crippen molar-refractivity contribution in [1.82, 2.24) is 10.3 Å². The number of pyridine rings is 1. The van der Waals surface area contributed by atoms with Crippen molar-refractivity contribution in [1.29, 1.82) is 0 Å². The monoisotopic (exact) mass is 507 g/mol. The molecule has 0 bridgehead atoms. The number of allylic oxidation sites excluding steroid dienone is 2. The molecule has 0 fully saturated rings. The molecule has 1 atom stereocenters. The zero-order valence-electron chi connectivity index (χ0n) is 12.2. The van der Waals surface area contributed by atoms with E-state index in [9.17, 15) is 18.7 Å². The number of hydrogen-bond acceptors (Lipinski definition) is 3. The molecule has 125 valence electrons. The number of dihydropyridines is 1. The summed E-state index contributed by atoms with van der Waals surface area (Å²) in [5, 5.41) is 12.0. The number of halogens is 2. The number of nitrogens with zero attached hydrogens (tertiary/aromatic N) is 1. The number of nitrogens with one attached hydrogen (secondary N) is 1. The number of aliphatic carboxylic acids is 1. The summed E-state index contributed by atoms with van der Waals surface area (Å²) in [6.45, 7) is 0. The summed E-state index contributed by atoms with van der Waals surface area (Å²) in [5.74, 6) is -3.48. The van der Waals surface area contributed by atoms with Crippen LogP contribution in [0.5, 0.6) is 0 Å². The third-order valence-electron chi connectivity index (χ3n) is 3.64. The van der Waals surface area contributed by atoms with Crippen LogP contribution in [0.25, 0.3) is 11.3 Å². The Balaban J connectivity index is 0.00000208. The predicted molar refractivity (Wildman–Crippen MR) is 80.5 cm³/mol. The minimum absolute atomic E-state index is 0. The second-order valence-corrected chi connectivity index (χ2v) is 4.98. The minimum atomic E-state index is -2.19. The number of carbonyl (C=O) groups is 1. The average Bonchev–Trinajstić information content (AvgIpc) is 2.56. The Bertz CT molecular complexity index is 824. The van der Waals surface area contributed by atoms with Crippen molar-refractivity contribution in [2.24, 2.45) is 0 Å². The average molecular weight is 507 g/mol. The molecule has 2 aromatic rings. The van der Waals surface area contributed by atoms with E-state index in [1.807, 2.05) is 0 Å². The van der Waals surface area contributed by atoms with Crippen LogP contribution in [0, 0.1) is 0 Å². The number of carboxylic acid groups (broad SMARTS) is 1. The molecule has 3 rings (SSSR count). The van der Waals surface area contributed by atoms with Crippen molar-refractivity contribution in [3.63, 3.8) is 0 Å². The predicted octanol–water partition coefficient (Wildman–Crippen LogP) is 3.29. The molecular weight excluding hydrogens is 494 g/mol. The van der Waals surface area contributed by atoms with Crippen LogP contribution in [0.15, 0.2) is 72.6 Å². The molecule has 0 aliphatic carbocycles.